The third kappa shape index (κ3) is 3.17. The number of rotatable bonds is 6. The summed E-state index contributed by atoms with van der Waals surface area (Å²) < 4.78 is 11.0. The number of aromatic hydroxyl groups is 1. The summed E-state index contributed by atoms with van der Waals surface area (Å²) in [6, 6.07) is 11.6. The molecule has 0 atom stereocenters. The lowest BCUT2D eigenvalue weighted by molar-refractivity contribution is 0.352. The second-order valence-corrected chi connectivity index (χ2v) is 5.43. The zero-order valence-corrected chi connectivity index (χ0v) is 12.8. The summed E-state index contributed by atoms with van der Waals surface area (Å²) in [6.07, 6.45) is 1.85. The summed E-state index contributed by atoms with van der Waals surface area (Å²) >= 11 is 0. The Morgan fingerprint density at radius 3 is 2.91 bits per heavy atom. The van der Waals surface area contributed by atoms with E-state index in [-0.39, 0.29) is 0 Å². The number of benzene rings is 2. The fourth-order valence-corrected chi connectivity index (χ4v) is 2.75. The van der Waals surface area contributed by atoms with Crippen molar-refractivity contribution in [3.63, 3.8) is 0 Å². The average Bonchev–Trinajstić information content (AvgIpc) is 2.99. The molecule has 0 aromatic heterocycles. The first kappa shape index (κ1) is 14.7. The van der Waals surface area contributed by atoms with Crippen molar-refractivity contribution in [1.82, 2.24) is 5.32 Å². The molecule has 2 aromatic carbocycles. The highest BCUT2D eigenvalue weighted by Crippen LogP contribution is 2.33. The molecule has 1 aliphatic rings. The molecule has 3 rings (SSSR count). The van der Waals surface area contributed by atoms with Crippen LogP contribution in [0.25, 0.3) is 0 Å². The summed E-state index contributed by atoms with van der Waals surface area (Å²) in [5, 5.41) is 13.1. The number of hydrogen-bond donors (Lipinski definition) is 2. The normalized spacial score (nSPS) is 12.8. The smallest absolute Gasteiger partial charge is 0.126 e. The second-order valence-electron chi connectivity index (χ2n) is 5.43. The molecule has 0 saturated heterocycles. The molecule has 4 heteroatoms. The Balaban J connectivity index is 1.59. The van der Waals surface area contributed by atoms with Gasteiger partial charge in [0.05, 0.1) is 13.7 Å². The van der Waals surface area contributed by atoms with Crippen molar-refractivity contribution >= 4 is 0 Å². The zero-order chi connectivity index (χ0) is 15.4. The van der Waals surface area contributed by atoms with E-state index in [1.807, 2.05) is 24.3 Å². The Morgan fingerprint density at radius 1 is 1.23 bits per heavy atom. The number of phenolic OH excluding ortho intramolecular Hbond substituents is 1. The Kier molecular flexibility index (Phi) is 4.49. The number of phenols is 1. The van der Waals surface area contributed by atoms with Crippen LogP contribution in [0.4, 0.5) is 0 Å². The van der Waals surface area contributed by atoms with Gasteiger partial charge < -0.3 is 19.9 Å². The van der Waals surface area contributed by atoms with Gasteiger partial charge in [-0.1, -0.05) is 18.2 Å². The van der Waals surface area contributed by atoms with Crippen LogP contribution < -0.4 is 14.8 Å². The molecule has 0 unspecified atom stereocenters. The van der Waals surface area contributed by atoms with Gasteiger partial charge in [-0.15, -0.1) is 0 Å². The SMILES string of the molecule is COc1cc2c(cc1CCNCc1ccccc1O)CCO2. The molecule has 0 radical (unpaired) electrons. The fraction of sp³-hybridized carbons (Fsp3) is 0.333. The maximum atomic E-state index is 9.74. The first-order valence-corrected chi connectivity index (χ1v) is 7.58. The van der Waals surface area contributed by atoms with E-state index in [4.69, 9.17) is 9.47 Å². The molecule has 1 heterocycles. The highest BCUT2D eigenvalue weighted by Gasteiger charge is 2.16. The van der Waals surface area contributed by atoms with E-state index in [1.54, 1.807) is 13.2 Å². The lowest BCUT2D eigenvalue weighted by Gasteiger charge is -2.12. The summed E-state index contributed by atoms with van der Waals surface area (Å²) in [6.45, 7) is 2.24. The van der Waals surface area contributed by atoms with Crippen molar-refractivity contribution in [1.29, 1.82) is 0 Å². The minimum absolute atomic E-state index is 0.335. The van der Waals surface area contributed by atoms with E-state index in [0.717, 1.165) is 43.1 Å². The molecular weight excluding hydrogens is 278 g/mol. The van der Waals surface area contributed by atoms with Gasteiger partial charge in [-0.2, -0.15) is 0 Å². The van der Waals surface area contributed by atoms with Crippen molar-refractivity contribution in [2.24, 2.45) is 0 Å². The number of para-hydroxylation sites is 1. The van der Waals surface area contributed by atoms with Gasteiger partial charge in [0.1, 0.15) is 17.2 Å². The molecule has 4 nitrogen and oxygen atoms in total. The van der Waals surface area contributed by atoms with Gasteiger partial charge in [-0.25, -0.2) is 0 Å². The molecule has 22 heavy (non-hydrogen) atoms. The van der Waals surface area contributed by atoms with Gasteiger partial charge in [0.15, 0.2) is 0 Å². The van der Waals surface area contributed by atoms with Crippen molar-refractivity contribution in [3.05, 3.63) is 53.1 Å². The molecule has 0 aliphatic carbocycles. The van der Waals surface area contributed by atoms with E-state index < -0.39 is 0 Å². The number of methoxy groups -OCH3 is 1. The second kappa shape index (κ2) is 6.71. The van der Waals surface area contributed by atoms with Crippen molar-refractivity contribution in [2.45, 2.75) is 19.4 Å². The number of nitrogens with one attached hydrogen (secondary N) is 1. The summed E-state index contributed by atoms with van der Waals surface area (Å²) in [4.78, 5) is 0. The molecule has 2 aromatic rings. The van der Waals surface area contributed by atoms with E-state index in [2.05, 4.69) is 11.4 Å². The Morgan fingerprint density at radius 2 is 2.09 bits per heavy atom. The first-order valence-electron chi connectivity index (χ1n) is 7.58. The minimum atomic E-state index is 0.335. The highest BCUT2D eigenvalue weighted by atomic mass is 16.5. The van der Waals surface area contributed by atoms with Crippen LogP contribution in [-0.4, -0.2) is 25.4 Å². The molecule has 0 spiro atoms. The van der Waals surface area contributed by atoms with Gasteiger partial charge >= 0.3 is 0 Å². The highest BCUT2D eigenvalue weighted by molar-refractivity contribution is 5.48. The van der Waals surface area contributed by atoms with Crippen LogP contribution in [0.3, 0.4) is 0 Å². The molecular formula is C18H21NO3. The zero-order valence-electron chi connectivity index (χ0n) is 12.8. The largest absolute Gasteiger partial charge is 0.508 e. The van der Waals surface area contributed by atoms with Gasteiger partial charge in [0, 0.05) is 24.6 Å². The molecule has 0 amide bonds. The van der Waals surface area contributed by atoms with Crippen LogP contribution in [0.1, 0.15) is 16.7 Å². The van der Waals surface area contributed by atoms with Gasteiger partial charge in [-0.05, 0) is 36.2 Å². The summed E-state index contributed by atoms with van der Waals surface area (Å²) in [5.41, 5.74) is 3.37. The van der Waals surface area contributed by atoms with Crippen LogP contribution in [0.2, 0.25) is 0 Å². The van der Waals surface area contributed by atoms with Gasteiger partial charge in [-0.3, -0.25) is 0 Å². The van der Waals surface area contributed by atoms with E-state index in [9.17, 15) is 5.11 Å². The monoisotopic (exact) mass is 299 g/mol. The molecule has 116 valence electrons. The van der Waals surface area contributed by atoms with Crippen LogP contribution in [0.5, 0.6) is 17.2 Å². The van der Waals surface area contributed by atoms with Crippen LogP contribution in [0, 0.1) is 0 Å². The van der Waals surface area contributed by atoms with E-state index >= 15 is 0 Å². The average molecular weight is 299 g/mol. The van der Waals surface area contributed by atoms with Crippen molar-refractivity contribution in [3.8, 4) is 17.2 Å². The quantitative estimate of drug-likeness (QED) is 0.805. The van der Waals surface area contributed by atoms with E-state index in [0.29, 0.717) is 12.3 Å². The molecule has 2 N–H and O–H groups in total. The third-order valence-electron chi connectivity index (χ3n) is 3.97. The van der Waals surface area contributed by atoms with Crippen LogP contribution in [-0.2, 0) is 19.4 Å². The predicted molar refractivity (Wildman–Crippen MR) is 85.7 cm³/mol. The lowest BCUT2D eigenvalue weighted by Crippen LogP contribution is -2.17. The predicted octanol–water partition coefficient (Wildman–Crippen LogP) is 2.67. The lowest BCUT2D eigenvalue weighted by atomic mass is 10.0. The minimum Gasteiger partial charge on any atom is -0.508 e. The van der Waals surface area contributed by atoms with Crippen molar-refractivity contribution in [2.75, 3.05) is 20.3 Å². The standard InChI is InChI=1S/C18H21NO3/c1-21-17-11-18-14(7-9-22-18)10-13(17)6-8-19-12-15-4-2-3-5-16(15)20/h2-5,10-11,19-20H,6-9,12H2,1H3. The Labute approximate surface area is 130 Å². The fourth-order valence-electron chi connectivity index (χ4n) is 2.75. The van der Waals surface area contributed by atoms with Crippen molar-refractivity contribution < 1.29 is 14.6 Å². The summed E-state index contributed by atoms with van der Waals surface area (Å²) in [7, 11) is 1.69. The first-order chi connectivity index (χ1) is 10.8. The number of fused-ring (bicyclic) bond motifs is 1. The van der Waals surface area contributed by atoms with Crippen LogP contribution in [0.15, 0.2) is 36.4 Å². The Hall–Kier alpha value is -2.20. The maximum absolute atomic E-state index is 9.74. The molecule has 0 fully saturated rings. The molecule has 1 aliphatic heterocycles. The van der Waals surface area contributed by atoms with Gasteiger partial charge in [0.2, 0.25) is 0 Å². The van der Waals surface area contributed by atoms with Gasteiger partial charge in [0.25, 0.3) is 0 Å². The van der Waals surface area contributed by atoms with E-state index in [1.165, 1.54) is 11.1 Å². The summed E-state index contributed by atoms with van der Waals surface area (Å²) in [5.74, 6) is 2.16. The third-order valence-corrected chi connectivity index (χ3v) is 3.97. The number of hydrogen-bond acceptors (Lipinski definition) is 4. The maximum Gasteiger partial charge on any atom is 0.126 e. The molecule has 0 bridgehead atoms. The number of ether oxygens (including phenoxy) is 2. The Bertz CT molecular complexity index is 655. The topological polar surface area (TPSA) is 50.7 Å². The molecule has 0 saturated carbocycles. The van der Waals surface area contributed by atoms with Crippen LogP contribution >= 0.6 is 0 Å².